The predicted molar refractivity (Wildman–Crippen MR) is 114 cm³/mol. The van der Waals surface area contributed by atoms with Crippen molar-refractivity contribution in [2.24, 2.45) is 0 Å². The molecule has 1 aliphatic rings. The molecule has 2 aromatic carbocycles. The van der Waals surface area contributed by atoms with E-state index >= 15 is 0 Å². The average molecular weight is 399 g/mol. The van der Waals surface area contributed by atoms with Crippen molar-refractivity contribution >= 4 is 29.0 Å². The third kappa shape index (κ3) is 3.28. The number of benzene rings is 2. The van der Waals surface area contributed by atoms with E-state index in [0.717, 1.165) is 11.9 Å². The van der Waals surface area contributed by atoms with Gasteiger partial charge in [0.2, 0.25) is 5.95 Å². The first kappa shape index (κ1) is 18.3. The summed E-state index contributed by atoms with van der Waals surface area (Å²) in [6.07, 6.45) is 0.859. The number of aryl methyl sites for hydroxylation is 2. The molecule has 0 radical (unpaired) electrons. The van der Waals surface area contributed by atoms with Gasteiger partial charge in [0, 0.05) is 13.1 Å². The Labute approximate surface area is 173 Å². The van der Waals surface area contributed by atoms with Crippen molar-refractivity contribution < 1.29 is 9.21 Å². The van der Waals surface area contributed by atoms with E-state index < -0.39 is 0 Å². The molecule has 1 amide bonds. The van der Waals surface area contributed by atoms with E-state index in [1.54, 1.807) is 0 Å². The molecule has 0 saturated carbocycles. The lowest BCUT2D eigenvalue weighted by atomic mass is 9.99. The van der Waals surface area contributed by atoms with E-state index in [1.165, 1.54) is 11.1 Å². The van der Waals surface area contributed by atoms with Crippen LogP contribution in [-0.4, -0.2) is 32.3 Å². The van der Waals surface area contributed by atoms with E-state index in [1.807, 2.05) is 55.1 Å². The smallest absolute Gasteiger partial charge is 0.302 e. The molecule has 7 heteroatoms. The summed E-state index contributed by atoms with van der Waals surface area (Å²) < 4.78 is 5.68. The summed E-state index contributed by atoms with van der Waals surface area (Å²) in [5.74, 6) is 0.324. The summed E-state index contributed by atoms with van der Waals surface area (Å²) in [6, 6.07) is 16.1. The zero-order valence-electron chi connectivity index (χ0n) is 16.8. The first-order chi connectivity index (χ1) is 14.6. The zero-order chi connectivity index (χ0) is 20.7. The highest BCUT2D eigenvalue weighted by Crippen LogP contribution is 2.24. The number of para-hydroxylation sites is 2. The summed E-state index contributed by atoms with van der Waals surface area (Å²) in [7, 11) is 0. The third-order valence-electron chi connectivity index (χ3n) is 5.42. The lowest BCUT2D eigenvalue weighted by Crippen LogP contribution is -2.37. The van der Waals surface area contributed by atoms with Gasteiger partial charge >= 0.3 is 6.01 Å². The Kier molecular flexibility index (Phi) is 4.43. The number of hydrogen-bond donors (Lipinski definition) is 1. The zero-order valence-corrected chi connectivity index (χ0v) is 16.8. The number of fused-ring (bicyclic) bond motifs is 2. The van der Waals surface area contributed by atoms with Crippen LogP contribution in [-0.2, 0) is 13.0 Å². The quantitative estimate of drug-likeness (QED) is 0.556. The molecule has 0 atom stereocenters. The van der Waals surface area contributed by atoms with Gasteiger partial charge in [0.05, 0.1) is 17.0 Å². The Balaban J connectivity index is 1.39. The fourth-order valence-electron chi connectivity index (χ4n) is 3.93. The largest absolute Gasteiger partial charge is 0.423 e. The number of nitrogens with zero attached hydrogens (tertiary/aromatic N) is 4. The van der Waals surface area contributed by atoms with Crippen LogP contribution in [0.3, 0.4) is 0 Å². The van der Waals surface area contributed by atoms with Gasteiger partial charge in [-0.05, 0) is 43.5 Å². The molecular weight excluding hydrogens is 378 g/mol. The van der Waals surface area contributed by atoms with Crippen molar-refractivity contribution in [1.29, 1.82) is 0 Å². The van der Waals surface area contributed by atoms with Crippen LogP contribution in [0.25, 0.3) is 11.1 Å². The topological polar surface area (TPSA) is 84.1 Å². The Morgan fingerprint density at radius 1 is 0.967 bits per heavy atom. The van der Waals surface area contributed by atoms with Crippen molar-refractivity contribution in [1.82, 2.24) is 19.9 Å². The number of oxazole rings is 1. The lowest BCUT2D eigenvalue weighted by Gasteiger charge is -2.29. The minimum Gasteiger partial charge on any atom is -0.423 e. The maximum atomic E-state index is 13.2. The van der Waals surface area contributed by atoms with Crippen LogP contribution >= 0.6 is 0 Å². The van der Waals surface area contributed by atoms with Gasteiger partial charge in [0.15, 0.2) is 5.58 Å². The molecule has 1 aliphatic heterocycles. The Bertz CT molecular complexity index is 1210. The predicted octanol–water partition coefficient (Wildman–Crippen LogP) is 4.18. The van der Waals surface area contributed by atoms with Crippen molar-refractivity contribution in [3.63, 3.8) is 0 Å². The molecular formula is C23H21N5O2. The molecule has 0 fully saturated rings. The van der Waals surface area contributed by atoms with E-state index in [9.17, 15) is 4.79 Å². The molecule has 30 heavy (non-hydrogen) atoms. The Hall–Kier alpha value is -3.74. The molecule has 7 nitrogen and oxygen atoms in total. The fraction of sp³-hybridized carbons (Fsp3) is 0.217. The Morgan fingerprint density at radius 2 is 1.67 bits per heavy atom. The summed E-state index contributed by atoms with van der Waals surface area (Å²) in [5, 5.41) is 3.01. The second-order valence-electron chi connectivity index (χ2n) is 7.45. The van der Waals surface area contributed by atoms with Crippen LogP contribution in [0.15, 0.2) is 52.9 Å². The number of carbonyl (C=O) groups is 1. The maximum absolute atomic E-state index is 13.2. The molecule has 150 valence electrons. The minimum absolute atomic E-state index is 0.0343. The van der Waals surface area contributed by atoms with Crippen molar-refractivity contribution in [3.05, 3.63) is 76.6 Å². The van der Waals surface area contributed by atoms with E-state index in [2.05, 4.69) is 32.4 Å². The standard InChI is InChI=1S/C23H21N5O2/c1-14-20(21(29)28-12-11-16-7-3-4-8-17(16)13-28)15(2)25-22(24-14)27-23-26-18-9-5-6-10-19(18)30-23/h3-10H,11-13H2,1-2H3,(H,24,25,26,27). The van der Waals surface area contributed by atoms with Gasteiger partial charge in [-0.25, -0.2) is 9.97 Å². The van der Waals surface area contributed by atoms with Crippen LogP contribution < -0.4 is 5.32 Å². The molecule has 0 spiro atoms. The van der Waals surface area contributed by atoms with Crippen LogP contribution in [0.5, 0.6) is 0 Å². The number of carbonyl (C=O) groups excluding carboxylic acids is 1. The van der Waals surface area contributed by atoms with Gasteiger partial charge in [0.25, 0.3) is 5.91 Å². The van der Waals surface area contributed by atoms with Crippen LogP contribution in [0.4, 0.5) is 12.0 Å². The number of rotatable bonds is 3. The second-order valence-corrected chi connectivity index (χ2v) is 7.45. The van der Waals surface area contributed by atoms with Crippen LogP contribution in [0, 0.1) is 13.8 Å². The van der Waals surface area contributed by atoms with Crippen LogP contribution in [0.2, 0.25) is 0 Å². The van der Waals surface area contributed by atoms with E-state index in [-0.39, 0.29) is 5.91 Å². The molecule has 0 unspecified atom stereocenters. The molecule has 0 saturated heterocycles. The maximum Gasteiger partial charge on any atom is 0.302 e. The van der Waals surface area contributed by atoms with Crippen LogP contribution in [0.1, 0.15) is 32.9 Å². The van der Waals surface area contributed by atoms with Gasteiger partial charge in [-0.15, -0.1) is 0 Å². The van der Waals surface area contributed by atoms with Gasteiger partial charge in [-0.1, -0.05) is 36.4 Å². The normalized spacial score (nSPS) is 13.3. The van der Waals surface area contributed by atoms with Crippen molar-refractivity contribution in [2.75, 3.05) is 11.9 Å². The lowest BCUT2D eigenvalue weighted by molar-refractivity contribution is 0.0732. The van der Waals surface area contributed by atoms with E-state index in [0.29, 0.717) is 47.6 Å². The SMILES string of the molecule is Cc1nc(Nc2nc3ccccc3o2)nc(C)c1C(=O)N1CCc2ccccc2C1. The summed E-state index contributed by atoms with van der Waals surface area (Å²) in [4.78, 5) is 28.5. The number of nitrogens with one attached hydrogen (secondary N) is 1. The monoisotopic (exact) mass is 399 g/mol. The highest BCUT2D eigenvalue weighted by molar-refractivity contribution is 5.96. The molecule has 1 N–H and O–H groups in total. The summed E-state index contributed by atoms with van der Waals surface area (Å²) in [6.45, 7) is 4.96. The summed E-state index contributed by atoms with van der Waals surface area (Å²) in [5.41, 5.74) is 5.76. The molecule has 5 rings (SSSR count). The minimum atomic E-state index is -0.0343. The molecule has 4 aromatic rings. The summed E-state index contributed by atoms with van der Waals surface area (Å²) >= 11 is 0. The van der Waals surface area contributed by atoms with E-state index in [4.69, 9.17) is 4.42 Å². The highest BCUT2D eigenvalue weighted by atomic mass is 16.4. The number of hydrogen-bond acceptors (Lipinski definition) is 6. The number of aromatic nitrogens is 3. The first-order valence-corrected chi connectivity index (χ1v) is 9.92. The second kappa shape index (κ2) is 7.26. The molecule has 0 bridgehead atoms. The van der Waals surface area contributed by atoms with Gasteiger partial charge in [0.1, 0.15) is 5.52 Å². The first-order valence-electron chi connectivity index (χ1n) is 9.92. The third-order valence-corrected chi connectivity index (χ3v) is 5.42. The van der Waals surface area contributed by atoms with Gasteiger partial charge in [-0.3, -0.25) is 10.1 Å². The highest BCUT2D eigenvalue weighted by Gasteiger charge is 2.25. The number of amides is 1. The van der Waals surface area contributed by atoms with Crippen molar-refractivity contribution in [2.45, 2.75) is 26.8 Å². The molecule has 3 heterocycles. The molecule has 2 aromatic heterocycles. The van der Waals surface area contributed by atoms with Gasteiger partial charge in [-0.2, -0.15) is 4.98 Å². The number of anilines is 2. The fourth-order valence-corrected chi connectivity index (χ4v) is 3.93. The average Bonchev–Trinajstić information content (AvgIpc) is 3.15. The van der Waals surface area contributed by atoms with Crippen molar-refractivity contribution in [3.8, 4) is 0 Å². The van der Waals surface area contributed by atoms with Gasteiger partial charge < -0.3 is 9.32 Å². The Morgan fingerprint density at radius 3 is 2.43 bits per heavy atom. The molecule has 0 aliphatic carbocycles.